The Morgan fingerprint density at radius 1 is 1.40 bits per heavy atom. The molecular formula is C17H23NO2. The van der Waals surface area contributed by atoms with E-state index < -0.39 is 0 Å². The molecule has 1 aliphatic rings. The molecule has 1 fully saturated rings. The molecule has 0 amide bonds. The van der Waals surface area contributed by atoms with Crippen LogP contribution in [0.5, 0.6) is 0 Å². The minimum absolute atomic E-state index is 0.0967. The third kappa shape index (κ3) is 3.83. The van der Waals surface area contributed by atoms with Crippen molar-refractivity contribution in [1.29, 1.82) is 0 Å². The van der Waals surface area contributed by atoms with Gasteiger partial charge in [0, 0.05) is 24.7 Å². The lowest BCUT2D eigenvalue weighted by Crippen LogP contribution is -2.47. The second-order valence-electron chi connectivity index (χ2n) is 5.25. The fraction of sp³-hybridized carbons (Fsp3) is 0.529. The molecule has 1 saturated heterocycles. The zero-order valence-electron chi connectivity index (χ0n) is 12.3. The van der Waals surface area contributed by atoms with Gasteiger partial charge in [-0.3, -0.25) is 4.90 Å². The fourth-order valence-electron chi connectivity index (χ4n) is 2.62. The van der Waals surface area contributed by atoms with E-state index in [1.165, 1.54) is 5.56 Å². The van der Waals surface area contributed by atoms with Crippen LogP contribution in [0.3, 0.4) is 0 Å². The minimum Gasteiger partial charge on any atom is -0.384 e. The van der Waals surface area contributed by atoms with E-state index in [1.54, 1.807) is 0 Å². The largest absolute Gasteiger partial charge is 0.384 e. The summed E-state index contributed by atoms with van der Waals surface area (Å²) in [7, 11) is 0. The van der Waals surface area contributed by atoms with Crippen molar-refractivity contribution in [3.63, 3.8) is 0 Å². The van der Waals surface area contributed by atoms with Crippen LogP contribution in [0.4, 0.5) is 0 Å². The van der Waals surface area contributed by atoms with Crippen LogP contribution in [0.25, 0.3) is 0 Å². The molecule has 0 bridgehead atoms. The summed E-state index contributed by atoms with van der Waals surface area (Å²) in [6, 6.07) is 8.65. The molecule has 1 aromatic carbocycles. The summed E-state index contributed by atoms with van der Waals surface area (Å²) in [4.78, 5) is 2.48. The Hall–Kier alpha value is -1.34. The molecule has 3 heteroatoms. The lowest BCUT2D eigenvalue weighted by Gasteiger charge is -2.38. The van der Waals surface area contributed by atoms with E-state index >= 15 is 0 Å². The molecule has 2 rings (SSSR count). The van der Waals surface area contributed by atoms with Crippen LogP contribution in [0.1, 0.15) is 31.4 Å². The fourth-order valence-corrected chi connectivity index (χ4v) is 2.62. The van der Waals surface area contributed by atoms with Crippen LogP contribution in [-0.2, 0) is 11.3 Å². The average Bonchev–Trinajstić information content (AvgIpc) is 2.47. The van der Waals surface area contributed by atoms with E-state index in [1.807, 2.05) is 18.2 Å². The molecule has 3 nitrogen and oxygen atoms in total. The number of hydrogen-bond donors (Lipinski definition) is 1. The number of rotatable bonds is 3. The minimum atomic E-state index is -0.0967. The SMILES string of the molecule is CCC1COC(C)CN1Cc1ccccc1C#CCO. The average molecular weight is 273 g/mol. The predicted octanol–water partition coefficient (Wildman–Crippen LogP) is 2.03. The van der Waals surface area contributed by atoms with Gasteiger partial charge < -0.3 is 9.84 Å². The van der Waals surface area contributed by atoms with Crippen LogP contribution in [0, 0.1) is 11.8 Å². The molecule has 2 unspecified atom stereocenters. The third-order valence-corrected chi connectivity index (χ3v) is 3.75. The molecule has 1 aromatic rings. The van der Waals surface area contributed by atoms with Crippen LogP contribution < -0.4 is 0 Å². The van der Waals surface area contributed by atoms with Crippen molar-refractivity contribution in [3.8, 4) is 11.8 Å². The first-order chi connectivity index (χ1) is 9.74. The van der Waals surface area contributed by atoms with Gasteiger partial charge in [-0.2, -0.15) is 0 Å². The topological polar surface area (TPSA) is 32.7 Å². The number of morpholine rings is 1. The van der Waals surface area contributed by atoms with Gasteiger partial charge in [0.2, 0.25) is 0 Å². The molecule has 0 aliphatic carbocycles. The van der Waals surface area contributed by atoms with Gasteiger partial charge in [0.1, 0.15) is 6.61 Å². The quantitative estimate of drug-likeness (QED) is 0.855. The summed E-state index contributed by atoms with van der Waals surface area (Å²) in [5.41, 5.74) is 2.23. The number of nitrogens with zero attached hydrogens (tertiary/aromatic N) is 1. The summed E-state index contributed by atoms with van der Waals surface area (Å²) in [5, 5.41) is 8.85. The lowest BCUT2D eigenvalue weighted by atomic mass is 10.0. The first kappa shape index (κ1) is 15.1. The molecule has 1 N–H and O–H groups in total. The van der Waals surface area contributed by atoms with Crippen molar-refractivity contribution in [2.45, 2.75) is 39.0 Å². The van der Waals surface area contributed by atoms with Gasteiger partial charge in [-0.1, -0.05) is 37.0 Å². The molecule has 108 valence electrons. The van der Waals surface area contributed by atoms with Crippen LogP contribution in [0.15, 0.2) is 24.3 Å². The highest BCUT2D eigenvalue weighted by Crippen LogP contribution is 2.19. The van der Waals surface area contributed by atoms with Crippen molar-refractivity contribution >= 4 is 0 Å². The summed E-state index contributed by atoms with van der Waals surface area (Å²) < 4.78 is 5.74. The molecule has 0 spiro atoms. The molecule has 1 aliphatic heterocycles. The maximum absolute atomic E-state index is 8.85. The lowest BCUT2D eigenvalue weighted by molar-refractivity contribution is -0.0592. The molecule has 2 atom stereocenters. The van der Waals surface area contributed by atoms with Crippen LogP contribution >= 0.6 is 0 Å². The van der Waals surface area contributed by atoms with Crippen molar-refractivity contribution in [1.82, 2.24) is 4.90 Å². The highest BCUT2D eigenvalue weighted by molar-refractivity contribution is 5.41. The number of hydrogen-bond acceptors (Lipinski definition) is 3. The normalized spacial score (nSPS) is 23.1. The van der Waals surface area contributed by atoms with Crippen molar-refractivity contribution < 1.29 is 9.84 Å². The Kier molecular flexibility index (Phi) is 5.60. The van der Waals surface area contributed by atoms with Crippen molar-refractivity contribution in [2.75, 3.05) is 19.8 Å². The van der Waals surface area contributed by atoms with E-state index in [9.17, 15) is 0 Å². The smallest absolute Gasteiger partial charge is 0.104 e. The first-order valence-electron chi connectivity index (χ1n) is 7.27. The Labute approximate surface area is 121 Å². The Morgan fingerprint density at radius 2 is 2.20 bits per heavy atom. The highest BCUT2D eigenvalue weighted by atomic mass is 16.5. The van der Waals surface area contributed by atoms with E-state index in [0.29, 0.717) is 6.04 Å². The van der Waals surface area contributed by atoms with Gasteiger partial charge in [-0.25, -0.2) is 0 Å². The van der Waals surface area contributed by atoms with E-state index in [2.05, 4.69) is 36.7 Å². The molecule has 20 heavy (non-hydrogen) atoms. The van der Waals surface area contributed by atoms with Gasteiger partial charge >= 0.3 is 0 Å². The number of benzene rings is 1. The summed E-state index contributed by atoms with van der Waals surface area (Å²) in [6.45, 7) is 6.89. The monoisotopic (exact) mass is 273 g/mol. The first-order valence-corrected chi connectivity index (χ1v) is 7.27. The Bertz CT molecular complexity index is 489. The zero-order valence-corrected chi connectivity index (χ0v) is 12.3. The Balaban J connectivity index is 2.15. The Morgan fingerprint density at radius 3 is 2.95 bits per heavy atom. The van der Waals surface area contributed by atoms with Gasteiger partial charge in [-0.05, 0) is 25.0 Å². The summed E-state index contributed by atoms with van der Waals surface area (Å²) in [6.07, 6.45) is 1.38. The van der Waals surface area contributed by atoms with Crippen molar-refractivity contribution in [3.05, 3.63) is 35.4 Å². The third-order valence-electron chi connectivity index (χ3n) is 3.75. The zero-order chi connectivity index (χ0) is 14.4. The van der Waals surface area contributed by atoms with Crippen LogP contribution in [-0.4, -0.2) is 41.9 Å². The van der Waals surface area contributed by atoms with Crippen LogP contribution in [0.2, 0.25) is 0 Å². The maximum Gasteiger partial charge on any atom is 0.104 e. The standard InChI is InChI=1S/C17H23NO2/c1-3-17-13-20-14(2)11-18(17)12-16-8-5-4-7-15(16)9-6-10-19/h4-5,7-8,14,17,19H,3,10-13H2,1-2H3. The van der Waals surface area contributed by atoms with Gasteiger partial charge in [-0.15, -0.1) is 0 Å². The van der Waals surface area contributed by atoms with E-state index in [0.717, 1.165) is 31.7 Å². The van der Waals surface area contributed by atoms with E-state index in [4.69, 9.17) is 9.84 Å². The summed E-state index contributed by atoms with van der Waals surface area (Å²) in [5.74, 6) is 5.78. The maximum atomic E-state index is 8.85. The van der Waals surface area contributed by atoms with Crippen molar-refractivity contribution in [2.24, 2.45) is 0 Å². The number of aliphatic hydroxyl groups excluding tert-OH is 1. The highest BCUT2D eigenvalue weighted by Gasteiger charge is 2.25. The molecule has 1 heterocycles. The number of ether oxygens (including phenoxy) is 1. The van der Waals surface area contributed by atoms with E-state index in [-0.39, 0.29) is 12.7 Å². The number of aliphatic hydroxyl groups is 1. The second kappa shape index (κ2) is 7.44. The second-order valence-corrected chi connectivity index (χ2v) is 5.25. The molecule has 0 aromatic heterocycles. The van der Waals surface area contributed by atoms with Gasteiger partial charge in [0.25, 0.3) is 0 Å². The van der Waals surface area contributed by atoms with Gasteiger partial charge in [0.15, 0.2) is 0 Å². The summed E-state index contributed by atoms with van der Waals surface area (Å²) >= 11 is 0. The predicted molar refractivity (Wildman–Crippen MR) is 80.3 cm³/mol. The molecular weight excluding hydrogens is 250 g/mol. The molecule has 0 saturated carbocycles. The molecule has 0 radical (unpaired) electrons. The van der Waals surface area contributed by atoms with Gasteiger partial charge in [0.05, 0.1) is 12.7 Å².